The molecule has 0 radical (unpaired) electrons. The van der Waals surface area contributed by atoms with Crippen molar-refractivity contribution in [2.45, 2.75) is 12.9 Å². The van der Waals surface area contributed by atoms with Crippen LogP contribution in [0.5, 0.6) is 5.75 Å². The van der Waals surface area contributed by atoms with Crippen molar-refractivity contribution < 1.29 is 40.3 Å². The van der Waals surface area contributed by atoms with E-state index in [0.29, 0.717) is 0 Å². The van der Waals surface area contributed by atoms with E-state index < -0.39 is 52.3 Å². The molecule has 0 saturated carbocycles. The van der Waals surface area contributed by atoms with Gasteiger partial charge in [-0.2, -0.15) is 18.3 Å². The average molecular weight is 502 g/mol. The third-order valence-corrected chi connectivity index (χ3v) is 4.51. The lowest BCUT2D eigenvalue weighted by Gasteiger charge is -2.14. The third-order valence-electron chi connectivity index (χ3n) is 3.92. The average Bonchev–Trinajstić information content (AvgIpc) is 3.17. The minimum atomic E-state index is -5.71. The molecule has 0 unspecified atom stereocenters. The van der Waals surface area contributed by atoms with Gasteiger partial charge in [-0.05, 0) is 18.2 Å². The number of rotatable bonds is 5. The molecule has 0 saturated heterocycles. The molecule has 0 aliphatic heterocycles. The van der Waals surface area contributed by atoms with Gasteiger partial charge in [0.05, 0.1) is 10.0 Å². The van der Waals surface area contributed by atoms with Crippen molar-refractivity contribution in [3.8, 4) is 5.75 Å². The van der Waals surface area contributed by atoms with E-state index in [1.165, 1.54) is 23.6 Å². The maximum Gasteiger partial charge on any atom is 0.422 e. The Balaban J connectivity index is 1.80. The van der Waals surface area contributed by atoms with E-state index >= 15 is 0 Å². The number of anilines is 1. The maximum absolute atomic E-state index is 13.9. The first-order chi connectivity index (χ1) is 14.9. The van der Waals surface area contributed by atoms with E-state index in [-0.39, 0.29) is 22.5 Å². The van der Waals surface area contributed by atoms with Crippen molar-refractivity contribution in [2.75, 3.05) is 5.32 Å². The summed E-state index contributed by atoms with van der Waals surface area (Å²) in [6.07, 6.45) is -4.51. The second-order valence-corrected chi connectivity index (χ2v) is 6.84. The number of amides is 1. The van der Waals surface area contributed by atoms with Crippen LogP contribution in [0, 0.1) is 23.3 Å². The van der Waals surface area contributed by atoms with Gasteiger partial charge < -0.3 is 10.1 Å². The number of aromatic nitrogens is 2. The van der Waals surface area contributed by atoms with Gasteiger partial charge in [0.1, 0.15) is 11.3 Å². The van der Waals surface area contributed by atoms with Crippen molar-refractivity contribution in [2.24, 2.45) is 0 Å². The van der Waals surface area contributed by atoms with Crippen LogP contribution in [-0.2, 0) is 12.9 Å². The third kappa shape index (κ3) is 4.60. The molecule has 2 aromatic carbocycles. The zero-order valence-corrected chi connectivity index (χ0v) is 16.7. The van der Waals surface area contributed by atoms with E-state index in [0.717, 1.165) is 10.7 Å². The first-order valence-electron chi connectivity index (χ1n) is 8.26. The quantitative estimate of drug-likeness (QED) is 0.341. The number of nitrogens with zero attached hydrogens (tertiary/aromatic N) is 2. The van der Waals surface area contributed by atoms with Gasteiger partial charge >= 0.3 is 6.18 Å². The summed E-state index contributed by atoms with van der Waals surface area (Å²) in [5, 5.41) is 5.55. The molecule has 170 valence electrons. The molecule has 5 nitrogen and oxygen atoms in total. The summed E-state index contributed by atoms with van der Waals surface area (Å²) in [4.78, 5) is 12.1. The van der Waals surface area contributed by atoms with Crippen molar-refractivity contribution in [1.82, 2.24) is 9.78 Å². The minimum Gasteiger partial charge on any atom is -0.468 e. The predicted molar refractivity (Wildman–Crippen MR) is 98.5 cm³/mol. The Bertz CT molecular complexity index is 1150. The Kier molecular flexibility index (Phi) is 6.56. The van der Waals surface area contributed by atoms with Gasteiger partial charge in [-0.15, -0.1) is 0 Å². The lowest BCUT2D eigenvalue weighted by atomic mass is 10.1. The molecule has 32 heavy (non-hydrogen) atoms. The van der Waals surface area contributed by atoms with Crippen LogP contribution in [0.3, 0.4) is 0 Å². The molecule has 3 aromatic rings. The van der Waals surface area contributed by atoms with Gasteiger partial charge in [0, 0.05) is 6.20 Å². The standard InChI is InChI=1S/C18H8Cl2F7N3O2/c19-7-2-1-3-8(20)16(7)32-6-30-5-4-9(29-30)17(31)28-15-13(23)11(21)10(18(25,26)27)12(22)14(15)24/h1-5H,6H2,(H,28,31). The van der Waals surface area contributed by atoms with Crippen molar-refractivity contribution >= 4 is 34.8 Å². The summed E-state index contributed by atoms with van der Waals surface area (Å²) in [7, 11) is 0. The highest BCUT2D eigenvalue weighted by molar-refractivity contribution is 6.37. The van der Waals surface area contributed by atoms with Crippen LogP contribution in [0.2, 0.25) is 10.0 Å². The van der Waals surface area contributed by atoms with Gasteiger partial charge in [-0.1, -0.05) is 29.3 Å². The summed E-state index contributed by atoms with van der Waals surface area (Å²) in [6.45, 7) is -0.316. The molecule has 3 rings (SSSR count). The van der Waals surface area contributed by atoms with Gasteiger partial charge in [-0.25, -0.2) is 22.2 Å². The number of hydrogen-bond acceptors (Lipinski definition) is 3. The summed E-state index contributed by atoms with van der Waals surface area (Å²) >= 11 is 11.9. The van der Waals surface area contributed by atoms with Crippen molar-refractivity contribution in [3.63, 3.8) is 0 Å². The van der Waals surface area contributed by atoms with Gasteiger partial charge in [0.25, 0.3) is 5.91 Å². The predicted octanol–water partition coefficient (Wildman–Crippen LogP) is 6.05. The van der Waals surface area contributed by atoms with Crippen LogP contribution in [-0.4, -0.2) is 15.7 Å². The molecular weight excluding hydrogens is 494 g/mol. The molecule has 0 aliphatic carbocycles. The van der Waals surface area contributed by atoms with Crippen LogP contribution in [0.4, 0.5) is 36.4 Å². The second kappa shape index (κ2) is 8.87. The lowest BCUT2D eigenvalue weighted by molar-refractivity contribution is -0.143. The van der Waals surface area contributed by atoms with Crippen LogP contribution in [0.1, 0.15) is 16.1 Å². The monoisotopic (exact) mass is 501 g/mol. The van der Waals surface area contributed by atoms with E-state index in [1.54, 1.807) is 6.07 Å². The fourth-order valence-electron chi connectivity index (χ4n) is 2.47. The molecule has 1 aromatic heterocycles. The molecular formula is C18H8Cl2F7N3O2. The van der Waals surface area contributed by atoms with Crippen molar-refractivity contribution in [3.05, 3.63) is 75.0 Å². The number of halogens is 9. The topological polar surface area (TPSA) is 56.2 Å². The van der Waals surface area contributed by atoms with Crippen LogP contribution in [0.15, 0.2) is 30.5 Å². The van der Waals surface area contributed by atoms with Crippen LogP contribution in [0.25, 0.3) is 0 Å². The van der Waals surface area contributed by atoms with Gasteiger partial charge in [0.15, 0.2) is 41.4 Å². The smallest absolute Gasteiger partial charge is 0.422 e. The zero-order valence-electron chi connectivity index (χ0n) is 15.2. The van der Waals surface area contributed by atoms with E-state index in [1.807, 2.05) is 0 Å². The number of carbonyl (C=O) groups is 1. The van der Waals surface area contributed by atoms with E-state index in [4.69, 9.17) is 27.9 Å². The Labute approximate surface area is 184 Å². The zero-order chi connectivity index (χ0) is 23.8. The molecule has 1 amide bonds. The minimum absolute atomic E-state index is 0.109. The van der Waals surface area contributed by atoms with Crippen molar-refractivity contribution in [1.29, 1.82) is 0 Å². The molecule has 0 fully saturated rings. The molecule has 0 aliphatic rings. The Morgan fingerprint density at radius 3 is 2.09 bits per heavy atom. The highest BCUT2D eigenvalue weighted by Gasteiger charge is 2.42. The number of nitrogens with one attached hydrogen (secondary N) is 1. The first kappa shape index (κ1) is 23.7. The van der Waals surface area contributed by atoms with E-state index in [9.17, 15) is 35.5 Å². The number of benzene rings is 2. The largest absolute Gasteiger partial charge is 0.468 e. The number of hydrogen-bond donors (Lipinski definition) is 1. The first-order valence-corrected chi connectivity index (χ1v) is 9.02. The summed E-state index contributed by atoms with van der Waals surface area (Å²) in [5.74, 6) is -11.5. The van der Waals surface area contributed by atoms with Crippen LogP contribution < -0.4 is 10.1 Å². The highest BCUT2D eigenvalue weighted by atomic mass is 35.5. The Morgan fingerprint density at radius 1 is 1.00 bits per heavy atom. The number of alkyl halides is 3. The highest BCUT2D eigenvalue weighted by Crippen LogP contribution is 2.38. The van der Waals surface area contributed by atoms with E-state index in [2.05, 4.69) is 5.10 Å². The summed E-state index contributed by atoms with van der Waals surface area (Å²) < 4.78 is 99.5. The fourth-order valence-corrected chi connectivity index (χ4v) is 2.98. The molecule has 0 atom stereocenters. The summed E-state index contributed by atoms with van der Waals surface area (Å²) in [6, 6.07) is 5.60. The lowest BCUT2D eigenvalue weighted by Crippen LogP contribution is -2.21. The SMILES string of the molecule is O=C(Nc1c(F)c(F)c(C(F)(F)F)c(F)c1F)c1ccn(COc2c(Cl)cccc2Cl)n1. The molecule has 0 spiro atoms. The van der Waals surface area contributed by atoms with Gasteiger partial charge in [-0.3, -0.25) is 4.79 Å². The number of ether oxygens (including phenoxy) is 1. The van der Waals surface area contributed by atoms with Crippen LogP contribution >= 0.6 is 23.2 Å². The fraction of sp³-hybridized carbons (Fsp3) is 0.111. The normalized spacial score (nSPS) is 11.5. The van der Waals surface area contributed by atoms with Gasteiger partial charge in [0.2, 0.25) is 0 Å². The maximum atomic E-state index is 13.9. The molecule has 0 bridgehead atoms. The molecule has 1 N–H and O–H groups in total. The number of para-hydroxylation sites is 1. The molecule has 1 heterocycles. The second-order valence-electron chi connectivity index (χ2n) is 6.02. The Morgan fingerprint density at radius 2 is 1.56 bits per heavy atom. The molecule has 14 heteroatoms. The number of carbonyl (C=O) groups excluding carboxylic acids is 1. The Hall–Kier alpha value is -2.99. The summed E-state index contributed by atoms with van der Waals surface area (Å²) in [5.41, 5.74) is -5.00.